The zero-order valence-electron chi connectivity index (χ0n) is 14.5. The minimum Gasteiger partial charge on any atom is -0.442 e. The second kappa shape index (κ2) is 8.02. The SMILES string of the molecule is COCCNS(=O)(=O)c1ccc(-c2[nH]ncc2C(=O)N2CCCCC2)o1. The monoisotopic (exact) mass is 382 g/mol. The van der Waals surface area contributed by atoms with Crippen molar-refractivity contribution in [3.8, 4) is 11.5 Å². The number of likely N-dealkylation sites (tertiary alicyclic amines) is 1. The van der Waals surface area contributed by atoms with E-state index in [1.807, 2.05) is 0 Å². The molecular formula is C16H22N4O5S. The predicted octanol–water partition coefficient (Wildman–Crippen LogP) is 1.22. The predicted molar refractivity (Wildman–Crippen MR) is 93.1 cm³/mol. The number of aromatic amines is 1. The molecule has 26 heavy (non-hydrogen) atoms. The molecule has 0 atom stereocenters. The number of rotatable bonds is 7. The summed E-state index contributed by atoms with van der Waals surface area (Å²) in [5.74, 6) is 0.113. The largest absolute Gasteiger partial charge is 0.442 e. The van der Waals surface area contributed by atoms with Gasteiger partial charge in [0.2, 0.25) is 5.09 Å². The van der Waals surface area contributed by atoms with Crippen molar-refractivity contribution in [3.63, 3.8) is 0 Å². The minimum absolute atomic E-state index is 0.132. The lowest BCUT2D eigenvalue weighted by Gasteiger charge is -2.26. The standard InChI is InChI=1S/C16H22N4O5S/c1-24-10-7-18-26(22,23)14-6-5-13(25-14)15-12(11-17-19-15)16(21)20-8-3-2-4-9-20/h5-6,11,18H,2-4,7-10H2,1H3,(H,17,19). The van der Waals surface area contributed by atoms with Crippen LogP contribution in [0.2, 0.25) is 0 Å². The van der Waals surface area contributed by atoms with Crippen molar-refractivity contribution >= 4 is 15.9 Å². The first-order valence-corrected chi connectivity index (χ1v) is 9.92. The van der Waals surface area contributed by atoms with Gasteiger partial charge in [-0.05, 0) is 31.4 Å². The van der Waals surface area contributed by atoms with Crippen LogP contribution in [-0.4, -0.2) is 62.8 Å². The molecular weight excluding hydrogens is 360 g/mol. The third-order valence-corrected chi connectivity index (χ3v) is 5.54. The zero-order valence-corrected chi connectivity index (χ0v) is 15.3. The Morgan fingerprint density at radius 2 is 2.12 bits per heavy atom. The highest BCUT2D eigenvalue weighted by molar-refractivity contribution is 7.89. The van der Waals surface area contributed by atoms with Crippen LogP contribution in [0, 0.1) is 0 Å². The fourth-order valence-corrected chi connectivity index (χ4v) is 3.79. The molecule has 10 heteroatoms. The number of amides is 1. The number of nitrogens with one attached hydrogen (secondary N) is 2. The van der Waals surface area contributed by atoms with Gasteiger partial charge >= 0.3 is 0 Å². The van der Waals surface area contributed by atoms with E-state index < -0.39 is 10.0 Å². The third kappa shape index (κ3) is 3.97. The van der Waals surface area contributed by atoms with Gasteiger partial charge < -0.3 is 14.1 Å². The van der Waals surface area contributed by atoms with E-state index in [0.717, 1.165) is 19.3 Å². The Morgan fingerprint density at radius 3 is 2.85 bits per heavy atom. The van der Waals surface area contributed by atoms with Crippen LogP contribution in [0.3, 0.4) is 0 Å². The molecule has 1 aliphatic rings. The Balaban J connectivity index is 1.80. The molecule has 0 spiro atoms. The van der Waals surface area contributed by atoms with Crippen molar-refractivity contribution in [2.75, 3.05) is 33.4 Å². The average molecular weight is 382 g/mol. The lowest BCUT2D eigenvalue weighted by atomic mass is 10.1. The van der Waals surface area contributed by atoms with E-state index in [9.17, 15) is 13.2 Å². The summed E-state index contributed by atoms with van der Waals surface area (Å²) in [4.78, 5) is 14.5. The average Bonchev–Trinajstić information content (AvgIpc) is 3.31. The highest BCUT2D eigenvalue weighted by Gasteiger charge is 2.25. The molecule has 3 heterocycles. The van der Waals surface area contributed by atoms with Gasteiger partial charge in [0.15, 0.2) is 5.76 Å². The van der Waals surface area contributed by atoms with E-state index >= 15 is 0 Å². The molecule has 9 nitrogen and oxygen atoms in total. The summed E-state index contributed by atoms with van der Waals surface area (Å²) in [7, 11) is -2.30. The fraction of sp³-hybridized carbons (Fsp3) is 0.500. The molecule has 142 valence electrons. The molecule has 2 aromatic heterocycles. The number of H-pyrrole nitrogens is 1. The summed E-state index contributed by atoms with van der Waals surface area (Å²) in [6, 6.07) is 2.85. The van der Waals surface area contributed by atoms with Crippen molar-refractivity contribution in [2.24, 2.45) is 0 Å². The van der Waals surface area contributed by atoms with Crippen LogP contribution in [0.15, 0.2) is 27.8 Å². The molecule has 1 fully saturated rings. The van der Waals surface area contributed by atoms with Crippen LogP contribution in [0.1, 0.15) is 29.6 Å². The second-order valence-corrected chi connectivity index (χ2v) is 7.72. The number of nitrogens with zero attached hydrogens (tertiary/aromatic N) is 2. The molecule has 0 aliphatic carbocycles. The Kier molecular flexibility index (Phi) is 5.74. The molecule has 0 aromatic carbocycles. The van der Waals surface area contributed by atoms with E-state index in [-0.39, 0.29) is 29.9 Å². The van der Waals surface area contributed by atoms with Crippen molar-refractivity contribution in [3.05, 3.63) is 23.9 Å². The van der Waals surface area contributed by atoms with Gasteiger partial charge in [0.25, 0.3) is 15.9 Å². The Bertz CT molecular complexity index is 852. The van der Waals surface area contributed by atoms with Gasteiger partial charge in [-0.3, -0.25) is 9.89 Å². The summed E-state index contributed by atoms with van der Waals surface area (Å²) < 4.78 is 37.1. The normalized spacial score (nSPS) is 15.3. The van der Waals surface area contributed by atoms with Gasteiger partial charge in [-0.15, -0.1) is 0 Å². The number of hydrogen-bond donors (Lipinski definition) is 2. The fourth-order valence-electron chi connectivity index (χ4n) is 2.85. The van der Waals surface area contributed by atoms with Crippen molar-refractivity contribution in [1.82, 2.24) is 19.8 Å². The number of carbonyl (C=O) groups is 1. The lowest BCUT2D eigenvalue weighted by Crippen LogP contribution is -2.35. The Hall–Kier alpha value is -2.17. The topological polar surface area (TPSA) is 118 Å². The van der Waals surface area contributed by atoms with Crippen molar-refractivity contribution < 1.29 is 22.4 Å². The summed E-state index contributed by atoms with van der Waals surface area (Å²) in [5, 5.41) is 6.44. The number of methoxy groups -OCH3 is 1. The summed E-state index contributed by atoms with van der Waals surface area (Å²) in [6.07, 6.45) is 4.53. The summed E-state index contributed by atoms with van der Waals surface area (Å²) in [5.41, 5.74) is 0.747. The molecule has 2 aromatic rings. The molecule has 0 bridgehead atoms. The Morgan fingerprint density at radius 1 is 1.35 bits per heavy atom. The van der Waals surface area contributed by atoms with Crippen LogP contribution in [0.25, 0.3) is 11.5 Å². The van der Waals surface area contributed by atoms with E-state index in [4.69, 9.17) is 9.15 Å². The number of sulfonamides is 1. The summed E-state index contributed by atoms with van der Waals surface area (Å²) in [6.45, 7) is 1.81. The van der Waals surface area contributed by atoms with Crippen LogP contribution >= 0.6 is 0 Å². The van der Waals surface area contributed by atoms with Crippen molar-refractivity contribution in [1.29, 1.82) is 0 Å². The number of furan rings is 1. The van der Waals surface area contributed by atoms with Gasteiger partial charge in [0.05, 0.1) is 18.4 Å². The molecule has 2 N–H and O–H groups in total. The van der Waals surface area contributed by atoms with Crippen LogP contribution < -0.4 is 4.72 Å². The molecule has 0 radical (unpaired) electrons. The maximum Gasteiger partial charge on any atom is 0.274 e. The maximum atomic E-state index is 12.7. The number of piperidine rings is 1. The molecule has 1 saturated heterocycles. The highest BCUT2D eigenvalue weighted by Crippen LogP contribution is 2.27. The van der Waals surface area contributed by atoms with Gasteiger partial charge in [-0.1, -0.05) is 0 Å². The van der Waals surface area contributed by atoms with Crippen LogP contribution in [0.5, 0.6) is 0 Å². The molecule has 0 saturated carbocycles. The molecule has 0 unspecified atom stereocenters. The van der Waals surface area contributed by atoms with Crippen LogP contribution in [0.4, 0.5) is 0 Å². The zero-order chi connectivity index (χ0) is 18.6. The second-order valence-electron chi connectivity index (χ2n) is 6.02. The minimum atomic E-state index is -3.78. The molecule has 3 rings (SSSR count). The van der Waals surface area contributed by atoms with E-state index in [2.05, 4.69) is 14.9 Å². The number of carbonyl (C=O) groups excluding carboxylic acids is 1. The smallest absolute Gasteiger partial charge is 0.274 e. The van der Waals surface area contributed by atoms with Gasteiger partial charge in [-0.25, -0.2) is 13.1 Å². The first-order valence-electron chi connectivity index (χ1n) is 8.44. The Labute approximate surface area is 151 Å². The maximum absolute atomic E-state index is 12.7. The molecule has 1 amide bonds. The van der Waals surface area contributed by atoms with Crippen molar-refractivity contribution in [2.45, 2.75) is 24.4 Å². The number of hydrogen-bond acceptors (Lipinski definition) is 6. The third-order valence-electron chi connectivity index (χ3n) is 4.20. The van der Waals surface area contributed by atoms with Gasteiger partial charge in [0.1, 0.15) is 5.69 Å². The van der Waals surface area contributed by atoms with E-state index in [1.54, 1.807) is 4.90 Å². The van der Waals surface area contributed by atoms with E-state index in [0.29, 0.717) is 24.3 Å². The number of aromatic nitrogens is 2. The molecule has 1 aliphatic heterocycles. The number of ether oxygens (including phenoxy) is 1. The highest BCUT2D eigenvalue weighted by atomic mass is 32.2. The lowest BCUT2D eigenvalue weighted by molar-refractivity contribution is 0.0725. The van der Waals surface area contributed by atoms with E-state index in [1.165, 1.54) is 25.4 Å². The summed E-state index contributed by atoms with van der Waals surface area (Å²) >= 11 is 0. The van der Waals surface area contributed by atoms with Gasteiger partial charge in [0, 0.05) is 26.7 Å². The first kappa shape index (κ1) is 18.6. The quantitative estimate of drug-likeness (QED) is 0.695. The van der Waals surface area contributed by atoms with Gasteiger partial charge in [-0.2, -0.15) is 5.10 Å². The first-order chi connectivity index (χ1) is 12.5. The van der Waals surface area contributed by atoms with Crippen LogP contribution in [-0.2, 0) is 14.8 Å².